The monoisotopic (exact) mass is 367 g/mol. The van der Waals surface area contributed by atoms with Crippen molar-refractivity contribution < 1.29 is 9.59 Å². The van der Waals surface area contributed by atoms with E-state index in [1.165, 1.54) is 0 Å². The van der Waals surface area contributed by atoms with Gasteiger partial charge < -0.3 is 14.7 Å². The Morgan fingerprint density at radius 1 is 1.24 bits per heavy atom. The topological polar surface area (TPSA) is 70.9 Å². The molecule has 2 heterocycles. The molecule has 138 valence electrons. The number of likely N-dealkylation sites (tertiary alicyclic amines) is 2. The molecule has 3 rings (SSSR count). The summed E-state index contributed by atoms with van der Waals surface area (Å²) in [7, 11) is 3.55. The summed E-state index contributed by atoms with van der Waals surface area (Å²) in [5, 5.41) is 9.12. The van der Waals surface area contributed by atoms with Gasteiger partial charge in [-0.25, -0.2) is 9.21 Å². The Hall–Kier alpha value is -1.52. The first-order chi connectivity index (χ1) is 11.9. The molecule has 0 aromatic carbocycles. The van der Waals surface area contributed by atoms with E-state index in [0.717, 1.165) is 38.8 Å². The van der Waals surface area contributed by atoms with Crippen molar-refractivity contribution in [3.63, 3.8) is 0 Å². The second-order valence-electron chi connectivity index (χ2n) is 7.66. The first-order valence-corrected chi connectivity index (χ1v) is 9.32. The van der Waals surface area contributed by atoms with E-state index >= 15 is 0 Å². The fraction of sp³-hybridized carbons (Fsp3) is 0.824. The van der Waals surface area contributed by atoms with Crippen LogP contribution in [-0.4, -0.2) is 83.4 Å². The minimum Gasteiger partial charge on any atom is -0.331 e. The standard InChI is InChI=1S/C17H26ClN5O2/c1-20(2)17(25)21-9-12-6-15(7-13(12)10-21)23(18)11-16(24)22-5-3-4-14(22)8-19/h12-15H,3-7,9-11H2,1-2H3/t12-,13+,14?,15?. The molecule has 0 N–H and O–H groups in total. The zero-order valence-corrected chi connectivity index (χ0v) is 15.7. The zero-order valence-electron chi connectivity index (χ0n) is 14.9. The molecular weight excluding hydrogens is 342 g/mol. The molecule has 3 aliphatic rings. The number of carbonyl (C=O) groups excluding carboxylic acids is 2. The van der Waals surface area contributed by atoms with Crippen LogP contribution in [0.25, 0.3) is 0 Å². The Balaban J connectivity index is 1.50. The van der Waals surface area contributed by atoms with Crippen molar-refractivity contribution >= 4 is 23.7 Å². The number of rotatable bonds is 3. The van der Waals surface area contributed by atoms with E-state index in [1.54, 1.807) is 28.3 Å². The number of halogens is 1. The normalized spacial score (nSPS) is 31.3. The number of urea groups is 1. The molecule has 2 unspecified atom stereocenters. The summed E-state index contributed by atoms with van der Waals surface area (Å²) in [6.07, 6.45) is 3.48. The number of hydrogen-bond acceptors (Lipinski definition) is 4. The Morgan fingerprint density at radius 2 is 1.88 bits per heavy atom. The third kappa shape index (κ3) is 3.70. The lowest BCUT2D eigenvalue weighted by molar-refractivity contribution is -0.131. The van der Waals surface area contributed by atoms with Crippen molar-refractivity contribution in [1.29, 1.82) is 5.26 Å². The molecule has 2 saturated heterocycles. The average Bonchev–Trinajstić information content (AvgIpc) is 3.27. The van der Waals surface area contributed by atoms with E-state index in [-0.39, 0.29) is 30.6 Å². The molecular formula is C17H26ClN5O2. The smallest absolute Gasteiger partial charge is 0.319 e. The average molecular weight is 368 g/mol. The first kappa shape index (κ1) is 18.3. The third-order valence-electron chi connectivity index (χ3n) is 5.78. The van der Waals surface area contributed by atoms with Crippen LogP contribution >= 0.6 is 11.8 Å². The fourth-order valence-electron chi connectivity index (χ4n) is 4.48. The van der Waals surface area contributed by atoms with Gasteiger partial charge in [0.05, 0.1) is 12.6 Å². The fourth-order valence-corrected chi connectivity index (χ4v) is 4.75. The van der Waals surface area contributed by atoms with E-state index in [1.807, 2.05) is 4.90 Å². The molecule has 0 radical (unpaired) electrons. The minimum atomic E-state index is -0.300. The lowest BCUT2D eigenvalue weighted by Gasteiger charge is -2.27. The summed E-state index contributed by atoms with van der Waals surface area (Å²) >= 11 is 6.43. The number of amides is 3. The van der Waals surface area contributed by atoms with Crippen LogP contribution in [0, 0.1) is 23.2 Å². The lowest BCUT2D eigenvalue weighted by atomic mass is 10.0. The molecule has 3 amide bonds. The largest absolute Gasteiger partial charge is 0.331 e. The highest BCUT2D eigenvalue weighted by Crippen LogP contribution is 2.41. The summed E-state index contributed by atoms with van der Waals surface area (Å²) in [5.41, 5.74) is 0. The molecule has 0 spiro atoms. The zero-order chi connectivity index (χ0) is 18.1. The summed E-state index contributed by atoms with van der Waals surface area (Å²) in [6.45, 7) is 2.36. The maximum Gasteiger partial charge on any atom is 0.319 e. The number of nitrogens with zero attached hydrogens (tertiary/aromatic N) is 5. The molecule has 2 aliphatic heterocycles. The SMILES string of the molecule is CN(C)C(=O)N1C[C@H]2CC(N(Cl)CC(=O)N3CCCC3C#N)C[C@H]2C1. The van der Waals surface area contributed by atoms with Crippen LogP contribution in [-0.2, 0) is 4.79 Å². The van der Waals surface area contributed by atoms with Gasteiger partial charge in [0.25, 0.3) is 0 Å². The Bertz CT molecular complexity index is 564. The number of fused-ring (bicyclic) bond motifs is 1. The quantitative estimate of drug-likeness (QED) is 0.706. The number of nitriles is 1. The molecule has 4 atom stereocenters. The van der Waals surface area contributed by atoms with Gasteiger partial charge in [0, 0.05) is 39.8 Å². The summed E-state index contributed by atoms with van der Waals surface area (Å²) < 4.78 is 1.63. The van der Waals surface area contributed by atoms with Crippen LogP contribution in [0.15, 0.2) is 0 Å². The van der Waals surface area contributed by atoms with Crippen molar-refractivity contribution in [2.75, 3.05) is 40.3 Å². The van der Waals surface area contributed by atoms with Crippen LogP contribution < -0.4 is 0 Å². The molecule has 7 nitrogen and oxygen atoms in total. The maximum atomic E-state index is 12.4. The van der Waals surface area contributed by atoms with Gasteiger partial charge in [0.2, 0.25) is 5.91 Å². The van der Waals surface area contributed by atoms with Crippen molar-refractivity contribution in [1.82, 2.24) is 19.1 Å². The molecule has 25 heavy (non-hydrogen) atoms. The van der Waals surface area contributed by atoms with Crippen LogP contribution in [0.5, 0.6) is 0 Å². The molecule has 3 fully saturated rings. The van der Waals surface area contributed by atoms with Gasteiger partial charge >= 0.3 is 6.03 Å². The molecule has 0 bridgehead atoms. The summed E-state index contributed by atoms with van der Waals surface area (Å²) in [6, 6.07) is 2.13. The van der Waals surface area contributed by atoms with E-state index in [2.05, 4.69) is 6.07 Å². The molecule has 0 aromatic rings. The van der Waals surface area contributed by atoms with Gasteiger partial charge in [0.1, 0.15) is 6.04 Å². The predicted molar refractivity (Wildman–Crippen MR) is 93.6 cm³/mol. The highest BCUT2D eigenvalue weighted by molar-refractivity contribution is 6.14. The minimum absolute atomic E-state index is 0.0551. The molecule has 0 aromatic heterocycles. The van der Waals surface area contributed by atoms with Gasteiger partial charge in [-0.2, -0.15) is 5.26 Å². The molecule has 1 aliphatic carbocycles. The summed E-state index contributed by atoms with van der Waals surface area (Å²) in [4.78, 5) is 29.7. The van der Waals surface area contributed by atoms with Crippen LogP contribution in [0.1, 0.15) is 25.7 Å². The van der Waals surface area contributed by atoms with Gasteiger partial charge in [-0.1, -0.05) is 0 Å². The van der Waals surface area contributed by atoms with E-state index in [4.69, 9.17) is 17.0 Å². The first-order valence-electron chi connectivity index (χ1n) is 8.98. The van der Waals surface area contributed by atoms with Crippen molar-refractivity contribution in [3.05, 3.63) is 0 Å². The van der Waals surface area contributed by atoms with E-state index in [0.29, 0.717) is 18.4 Å². The Morgan fingerprint density at radius 3 is 2.44 bits per heavy atom. The highest BCUT2D eigenvalue weighted by atomic mass is 35.5. The predicted octanol–water partition coefficient (Wildman–Crippen LogP) is 1.35. The Kier molecular flexibility index (Phi) is 5.40. The van der Waals surface area contributed by atoms with Crippen molar-refractivity contribution in [2.24, 2.45) is 11.8 Å². The molecule has 8 heteroatoms. The highest BCUT2D eigenvalue weighted by Gasteiger charge is 2.44. The van der Waals surface area contributed by atoms with Crippen molar-refractivity contribution in [2.45, 2.75) is 37.8 Å². The second-order valence-corrected chi connectivity index (χ2v) is 8.09. The molecule has 1 saturated carbocycles. The van der Waals surface area contributed by atoms with Gasteiger partial charge in [-0.05, 0) is 49.3 Å². The Labute approximate surface area is 154 Å². The third-order valence-corrected chi connectivity index (χ3v) is 6.18. The van der Waals surface area contributed by atoms with Crippen molar-refractivity contribution in [3.8, 4) is 6.07 Å². The van der Waals surface area contributed by atoms with Gasteiger partial charge in [-0.3, -0.25) is 4.79 Å². The van der Waals surface area contributed by atoms with Gasteiger partial charge in [-0.15, -0.1) is 0 Å². The summed E-state index contributed by atoms with van der Waals surface area (Å²) in [5.74, 6) is 0.869. The maximum absolute atomic E-state index is 12.4. The van der Waals surface area contributed by atoms with Crippen LogP contribution in [0.2, 0.25) is 0 Å². The van der Waals surface area contributed by atoms with E-state index in [9.17, 15) is 9.59 Å². The van der Waals surface area contributed by atoms with E-state index < -0.39 is 0 Å². The van der Waals surface area contributed by atoms with Crippen LogP contribution in [0.4, 0.5) is 4.79 Å². The number of carbonyl (C=O) groups is 2. The van der Waals surface area contributed by atoms with Gasteiger partial charge in [0.15, 0.2) is 0 Å². The van der Waals surface area contributed by atoms with Crippen LogP contribution in [0.3, 0.4) is 0 Å². The lowest BCUT2D eigenvalue weighted by Crippen LogP contribution is -2.42. The second kappa shape index (κ2) is 7.38. The number of hydrogen-bond donors (Lipinski definition) is 0.